The summed E-state index contributed by atoms with van der Waals surface area (Å²) in [6.45, 7) is 13.5. The molecule has 172 valence electrons. The molecule has 6 heteroatoms. The van der Waals surface area contributed by atoms with E-state index in [1.807, 2.05) is 0 Å². The first-order chi connectivity index (χ1) is 14.5. The number of carbonyl (C=O) groups is 1. The Balaban J connectivity index is 1.47. The quantitative estimate of drug-likeness (QED) is 0.470. The van der Waals surface area contributed by atoms with Crippen LogP contribution in [0.25, 0.3) is 0 Å². The zero-order valence-electron chi connectivity index (χ0n) is 20.3. The van der Waals surface area contributed by atoms with E-state index in [1.54, 1.807) is 0 Å². The summed E-state index contributed by atoms with van der Waals surface area (Å²) < 4.78 is 20.0. The van der Waals surface area contributed by atoms with Crippen molar-refractivity contribution >= 4 is 22.4 Å². The fourth-order valence-electron chi connectivity index (χ4n) is 7.06. The van der Waals surface area contributed by atoms with E-state index >= 15 is 0 Å². The Kier molecular flexibility index (Phi) is 5.38. The SMILES string of the molecule is C[Si](C)(C)OC1=C2CCC[C@H]2[C@H]2C(=O)[C@H]3[C@H](CC(O[Si](C)(C)C)=C4CCC[C@H]43)O[C@H]2C1. The molecule has 4 aliphatic carbocycles. The van der Waals surface area contributed by atoms with Crippen molar-refractivity contribution in [1.29, 1.82) is 0 Å². The molecule has 0 aromatic heterocycles. The summed E-state index contributed by atoms with van der Waals surface area (Å²) in [5, 5.41) is 0. The number of fused-ring (bicyclic) bond motifs is 6. The van der Waals surface area contributed by atoms with E-state index in [9.17, 15) is 4.79 Å². The Morgan fingerprint density at radius 3 is 1.55 bits per heavy atom. The molecule has 5 aliphatic rings. The minimum atomic E-state index is -1.69. The summed E-state index contributed by atoms with van der Waals surface area (Å²) in [5.41, 5.74) is 2.92. The number of Topliss-reactive ketones (excluding diaryl/α,β-unsaturated/α-hetero) is 1. The van der Waals surface area contributed by atoms with Crippen LogP contribution in [0.3, 0.4) is 0 Å². The lowest BCUT2D eigenvalue weighted by Gasteiger charge is -2.50. The zero-order chi connectivity index (χ0) is 22.1. The lowest BCUT2D eigenvalue weighted by molar-refractivity contribution is -0.170. The van der Waals surface area contributed by atoms with Gasteiger partial charge in [0, 0.05) is 12.8 Å². The van der Waals surface area contributed by atoms with Crippen molar-refractivity contribution < 1.29 is 18.4 Å². The molecule has 4 nitrogen and oxygen atoms in total. The summed E-state index contributed by atoms with van der Waals surface area (Å²) in [6, 6.07) is 0. The van der Waals surface area contributed by atoms with Crippen molar-refractivity contribution in [2.45, 2.75) is 103 Å². The van der Waals surface area contributed by atoms with Gasteiger partial charge in [0.15, 0.2) is 0 Å². The van der Waals surface area contributed by atoms with Crippen LogP contribution >= 0.6 is 0 Å². The molecule has 5 rings (SSSR count). The van der Waals surface area contributed by atoms with Gasteiger partial charge in [-0.1, -0.05) is 0 Å². The molecule has 0 N–H and O–H groups in total. The second-order valence-corrected chi connectivity index (χ2v) is 21.3. The van der Waals surface area contributed by atoms with Crippen LogP contribution in [0.4, 0.5) is 0 Å². The molecule has 1 saturated heterocycles. The third kappa shape index (κ3) is 4.01. The molecular weight excluding hydrogens is 420 g/mol. The van der Waals surface area contributed by atoms with Crippen LogP contribution in [0, 0.1) is 23.7 Å². The number of hydrogen-bond donors (Lipinski definition) is 0. The van der Waals surface area contributed by atoms with Gasteiger partial charge in [-0.3, -0.25) is 4.79 Å². The fourth-order valence-corrected chi connectivity index (χ4v) is 8.97. The van der Waals surface area contributed by atoms with E-state index in [4.69, 9.17) is 13.6 Å². The fraction of sp³-hybridized carbons (Fsp3) is 0.800. The Bertz CT molecular complexity index is 765. The van der Waals surface area contributed by atoms with Gasteiger partial charge in [-0.05, 0) is 101 Å². The second-order valence-electron chi connectivity index (χ2n) is 12.4. The maximum atomic E-state index is 14.1. The number of ether oxygens (including phenoxy) is 1. The van der Waals surface area contributed by atoms with Crippen LogP contribution in [0.2, 0.25) is 39.3 Å². The van der Waals surface area contributed by atoms with Gasteiger partial charge in [-0.2, -0.15) is 0 Å². The normalized spacial score (nSPS) is 37.9. The number of rotatable bonds is 4. The molecule has 31 heavy (non-hydrogen) atoms. The highest BCUT2D eigenvalue weighted by molar-refractivity contribution is 6.70. The number of carbonyl (C=O) groups excluding carboxylic acids is 1. The second kappa shape index (κ2) is 7.59. The van der Waals surface area contributed by atoms with Gasteiger partial charge in [-0.15, -0.1) is 0 Å². The van der Waals surface area contributed by atoms with Crippen molar-refractivity contribution in [1.82, 2.24) is 0 Å². The van der Waals surface area contributed by atoms with Gasteiger partial charge < -0.3 is 13.6 Å². The van der Waals surface area contributed by atoms with Crippen LogP contribution in [0.1, 0.15) is 51.4 Å². The third-order valence-corrected chi connectivity index (χ3v) is 9.56. The summed E-state index contributed by atoms with van der Waals surface area (Å²) in [5.74, 6) is 3.68. The minimum absolute atomic E-state index is 0.0111. The first-order valence-corrected chi connectivity index (χ1v) is 19.3. The molecule has 0 amide bonds. The number of ketones is 1. The third-order valence-electron chi connectivity index (χ3n) is 7.84. The van der Waals surface area contributed by atoms with Gasteiger partial charge in [0.2, 0.25) is 16.6 Å². The van der Waals surface area contributed by atoms with Crippen molar-refractivity contribution in [2.24, 2.45) is 23.7 Å². The molecule has 1 aliphatic heterocycles. The van der Waals surface area contributed by atoms with Gasteiger partial charge in [0.25, 0.3) is 0 Å². The molecule has 0 unspecified atom stereocenters. The molecule has 0 spiro atoms. The topological polar surface area (TPSA) is 44.8 Å². The first kappa shape index (κ1) is 22.0. The van der Waals surface area contributed by atoms with Crippen molar-refractivity contribution in [2.75, 3.05) is 0 Å². The highest BCUT2D eigenvalue weighted by Gasteiger charge is 2.57. The molecular formula is C25H40O4Si2. The Labute approximate surface area is 190 Å². The highest BCUT2D eigenvalue weighted by atomic mass is 28.4. The number of hydrogen-bond acceptors (Lipinski definition) is 4. The van der Waals surface area contributed by atoms with E-state index in [0.29, 0.717) is 17.6 Å². The maximum Gasteiger partial charge on any atom is 0.241 e. The Hall–Kier alpha value is -0.856. The monoisotopic (exact) mass is 460 g/mol. The van der Waals surface area contributed by atoms with Crippen LogP contribution in [-0.4, -0.2) is 34.6 Å². The zero-order valence-corrected chi connectivity index (χ0v) is 22.3. The lowest BCUT2D eigenvalue weighted by Crippen LogP contribution is -2.56. The van der Waals surface area contributed by atoms with Crippen molar-refractivity contribution in [3.05, 3.63) is 22.7 Å². The number of allylic oxidation sites excluding steroid dienone is 2. The van der Waals surface area contributed by atoms with Crippen LogP contribution in [-0.2, 0) is 18.4 Å². The molecule has 0 aromatic carbocycles. The predicted molar refractivity (Wildman–Crippen MR) is 127 cm³/mol. The summed E-state index contributed by atoms with van der Waals surface area (Å²) in [6.07, 6.45) is 8.40. The largest absolute Gasteiger partial charge is 0.547 e. The van der Waals surface area contributed by atoms with Crippen molar-refractivity contribution in [3.8, 4) is 0 Å². The maximum absolute atomic E-state index is 14.1. The average molecular weight is 461 g/mol. The van der Waals surface area contributed by atoms with Crippen LogP contribution in [0.15, 0.2) is 22.7 Å². The van der Waals surface area contributed by atoms with Gasteiger partial charge >= 0.3 is 0 Å². The smallest absolute Gasteiger partial charge is 0.241 e. The van der Waals surface area contributed by atoms with Gasteiger partial charge in [-0.25, -0.2) is 0 Å². The molecule has 0 aromatic rings. The average Bonchev–Trinajstić information content (AvgIpc) is 3.28. The lowest BCUT2D eigenvalue weighted by atomic mass is 9.64. The van der Waals surface area contributed by atoms with E-state index in [0.717, 1.165) is 38.5 Å². The summed E-state index contributed by atoms with van der Waals surface area (Å²) in [4.78, 5) is 14.1. The summed E-state index contributed by atoms with van der Waals surface area (Å²) in [7, 11) is -3.38. The molecule has 0 radical (unpaired) electrons. The molecule has 6 atom stereocenters. The highest BCUT2D eigenvalue weighted by Crippen LogP contribution is 2.55. The molecule has 1 heterocycles. The summed E-state index contributed by atoms with van der Waals surface area (Å²) >= 11 is 0. The van der Waals surface area contributed by atoms with E-state index in [2.05, 4.69) is 39.3 Å². The Morgan fingerprint density at radius 1 is 0.742 bits per heavy atom. The molecule has 2 saturated carbocycles. The Morgan fingerprint density at radius 2 is 1.16 bits per heavy atom. The molecule has 0 bridgehead atoms. The standard InChI is InChI=1S/C25H40O4Si2/c1-30(2,3)28-19-13-21-23(17-11-7-9-15(17)19)25(26)24-18-12-8-10-16(18)20(14-22(24)27-21)29-31(4,5)6/h17-18,21-24H,7-14H2,1-6H3/t17-,18-,21+,22+,23-,24-/m1/s1. The predicted octanol–water partition coefficient (Wildman–Crippen LogP) is 6.17. The van der Waals surface area contributed by atoms with E-state index in [-0.39, 0.29) is 24.0 Å². The molecule has 3 fully saturated rings. The van der Waals surface area contributed by atoms with Gasteiger partial charge in [0.1, 0.15) is 5.78 Å². The minimum Gasteiger partial charge on any atom is -0.547 e. The van der Waals surface area contributed by atoms with E-state index in [1.165, 1.54) is 35.5 Å². The van der Waals surface area contributed by atoms with E-state index < -0.39 is 16.6 Å². The van der Waals surface area contributed by atoms with Crippen LogP contribution < -0.4 is 0 Å². The van der Waals surface area contributed by atoms with Crippen LogP contribution in [0.5, 0.6) is 0 Å². The van der Waals surface area contributed by atoms with Gasteiger partial charge in [0.05, 0.1) is 35.6 Å². The first-order valence-electron chi connectivity index (χ1n) is 12.5. The van der Waals surface area contributed by atoms with Crippen molar-refractivity contribution in [3.63, 3.8) is 0 Å².